The summed E-state index contributed by atoms with van der Waals surface area (Å²) >= 11 is 1.87. The average Bonchev–Trinajstić information content (AvgIpc) is 3.07. The summed E-state index contributed by atoms with van der Waals surface area (Å²) in [4.78, 5) is 15.0. The molecule has 0 atom stereocenters. The highest BCUT2D eigenvalue weighted by Crippen LogP contribution is 2.14. The van der Waals surface area contributed by atoms with Crippen molar-refractivity contribution in [1.82, 2.24) is 19.9 Å². The van der Waals surface area contributed by atoms with Crippen LogP contribution in [0.4, 0.5) is 5.82 Å². The van der Waals surface area contributed by atoms with E-state index in [1.165, 1.54) is 0 Å². The molecule has 0 aliphatic rings. The molecule has 104 valence electrons. The molecule has 0 amide bonds. The second-order valence-corrected chi connectivity index (χ2v) is 5.67. The highest BCUT2D eigenvalue weighted by molar-refractivity contribution is 7.98. The van der Waals surface area contributed by atoms with Gasteiger partial charge in [0.1, 0.15) is 11.5 Å². The van der Waals surface area contributed by atoms with Gasteiger partial charge < -0.3 is 15.3 Å². The minimum Gasteiger partial charge on any atom is -0.369 e. The number of hydrogen-bond acceptors (Lipinski definition) is 4. The number of aromatic nitrogens is 4. The van der Waals surface area contributed by atoms with Gasteiger partial charge in [0.25, 0.3) is 0 Å². The Balaban J connectivity index is 1.44. The van der Waals surface area contributed by atoms with Gasteiger partial charge in [-0.25, -0.2) is 9.97 Å². The molecule has 6 heteroatoms. The number of H-pyrrole nitrogens is 2. The van der Waals surface area contributed by atoms with Crippen LogP contribution >= 0.6 is 11.8 Å². The number of aryl methyl sites for hydroxylation is 1. The van der Waals surface area contributed by atoms with Crippen LogP contribution in [0, 0.1) is 6.92 Å². The first-order chi connectivity index (χ1) is 9.83. The van der Waals surface area contributed by atoms with Gasteiger partial charge in [0, 0.05) is 35.3 Å². The number of nitrogens with zero attached hydrogens (tertiary/aromatic N) is 2. The molecule has 0 fully saturated rings. The van der Waals surface area contributed by atoms with Crippen molar-refractivity contribution in [3.8, 4) is 0 Å². The van der Waals surface area contributed by atoms with Crippen molar-refractivity contribution in [2.75, 3.05) is 17.6 Å². The highest BCUT2D eigenvalue weighted by atomic mass is 32.2. The summed E-state index contributed by atoms with van der Waals surface area (Å²) in [5.41, 5.74) is 3.22. The van der Waals surface area contributed by atoms with E-state index in [1.54, 1.807) is 6.33 Å². The zero-order valence-corrected chi connectivity index (χ0v) is 12.1. The summed E-state index contributed by atoms with van der Waals surface area (Å²) in [6.07, 6.45) is 3.66. The monoisotopic (exact) mass is 287 g/mol. The van der Waals surface area contributed by atoms with Gasteiger partial charge in [-0.05, 0) is 25.1 Å². The number of aromatic amines is 2. The average molecular weight is 287 g/mol. The van der Waals surface area contributed by atoms with Gasteiger partial charge in [0.2, 0.25) is 0 Å². The maximum Gasteiger partial charge on any atom is 0.139 e. The van der Waals surface area contributed by atoms with Crippen molar-refractivity contribution in [3.63, 3.8) is 0 Å². The molecular formula is C14H17N5S. The first-order valence-corrected chi connectivity index (χ1v) is 7.73. The first-order valence-electron chi connectivity index (χ1n) is 6.57. The zero-order chi connectivity index (χ0) is 13.8. The topological polar surface area (TPSA) is 69.4 Å². The first kappa shape index (κ1) is 13.1. The number of hydrogen-bond donors (Lipinski definition) is 3. The molecule has 3 aromatic rings. The maximum absolute atomic E-state index is 4.50. The molecule has 0 aliphatic heterocycles. The summed E-state index contributed by atoms with van der Waals surface area (Å²) in [5.74, 6) is 2.88. The molecule has 3 rings (SSSR count). The summed E-state index contributed by atoms with van der Waals surface area (Å²) < 4.78 is 0. The van der Waals surface area contributed by atoms with E-state index in [0.717, 1.165) is 46.3 Å². The molecule has 3 heterocycles. The van der Waals surface area contributed by atoms with Gasteiger partial charge in [-0.1, -0.05) is 0 Å². The predicted molar refractivity (Wildman–Crippen MR) is 84.1 cm³/mol. The Morgan fingerprint density at radius 1 is 1.25 bits per heavy atom. The zero-order valence-electron chi connectivity index (χ0n) is 11.3. The van der Waals surface area contributed by atoms with Gasteiger partial charge in [0.05, 0.1) is 12.0 Å². The van der Waals surface area contributed by atoms with Crippen LogP contribution in [0.3, 0.4) is 0 Å². The van der Waals surface area contributed by atoms with Gasteiger partial charge in [0.15, 0.2) is 0 Å². The third-order valence-corrected chi connectivity index (χ3v) is 4.11. The summed E-state index contributed by atoms with van der Waals surface area (Å²) in [7, 11) is 0. The standard InChI is InChI=1S/C14H17N5S/c1-10-12(18-9-17-10)8-20-7-6-15-13-3-2-11-4-5-16-14(11)19-13/h2-5,9H,6-8H2,1H3,(H,17,18)(H2,15,16,19). The van der Waals surface area contributed by atoms with E-state index in [9.17, 15) is 0 Å². The lowest BCUT2D eigenvalue weighted by Crippen LogP contribution is -2.05. The fourth-order valence-corrected chi connectivity index (χ4v) is 2.86. The van der Waals surface area contributed by atoms with Gasteiger partial charge in [-0.15, -0.1) is 0 Å². The second kappa shape index (κ2) is 6.00. The Hall–Kier alpha value is -1.95. The van der Waals surface area contributed by atoms with Crippen LogP contribution in [0.15, 0.2) is 30.7 Å². The third-order valence-electron chi connectivity index (χ3n) is 3.14. The van der Waals surface area contributed by atoms with Crippen LogP contribution in [0.1, 0.15) is 11.4 Å². The van der Waals surface area contributed by atoms with E-state index in [1.807, 2.05) is 30.1 Å². The lowest BCUT2D eigenvalue weighted by Gasteiger charge is -2.05. The van der Waals surface area contributed by atoms with Crippen molar-refractivity contribution in [1.29, 1.82) is 0 Å². The van der Waals surface area contributed by atoms with E-state index < -0.39 is 0 Å². The van der Waals surface area contributed by atoms with Crippen molar-refractivity contribution >= 4 is 28.6 Å². The number of nitrogens with one attached hydrogen (secondary N) is 3. The summed E-state index contributed by atoms with van der Waals surface area (Å²) in [5, 5.41) is 4.48. The predicted octanol–water partition coefficient (Wildman–Crippen LogP) is 2.94. The molecule has 0 aromatic carbocycles. The number of fused-ring (bicyclic) bond motifs is 1. The van der Waals surface area contributed by atoms with Gasteiger partial charge in [-0.3, -0.25) is 0 Å². The highest BCUT2D eigenvalue weighted by Gasteiger charge is 2.01. The summed E-state index contributed by atoms with van der Waals surface area (Å²) in [6.45, 7) is 2.95. The van der Waals surface area contributed by atoms with Gasteiger partial charge in [-0.2, -0.15) is 11.8 Å². The van der Waals surface area contributed by atoms with E-state index in [-0.39, 0.29) is 0 Å². The Bertz CT molecular complexity index is 688. The lowest BCUT2D eigenvalue weighted by atomic mass is 10.3. The third kappa shape index (κ3) is 2.96. The Kier molecular flexibility index (Phi) is 3.92. The van der Waals surface area contributed by atoms with E-state index in [0.29, 0.717) is 0 Å². The minimum absolute atomic E-state index is 0.896. The van der Waals surface area contributed by atoms with Crippen LogP contribution in [0.5, 0.6) is 0 Å². The molecule has 3 N–H and O–H groups in total. The molecule has 0 radical (unpaired) electrons. The van der Waals surface area contributed by atoms with E-state index in [4.69, 9.17) is 0 Å². The summed E-state index contributed by atoms with van der Waals surface area (Å²) in [6, 6.07) is 6.11. The van der Waals surface area contributed by atoms with E-state index >= 15 is 0 Å². The molecular weight excluding hydrogens is 270 g/mol. The SMILES string of the molecule is Cc1[nH]cnc1CSCCNc1ccc2cc[nH]c2n1. The van der Waals surface area contributed by atoms with Crippen LogP contribution in [0.2, 0.25) is 0 Å². The molecule has 0 saturated heterocycles. The van der Waals surface area contributed by atoms with Crippen LogP contribution in [-0.4, -0.2) is 32.2 Å². The molecule has 0 unspecified atom stereocenters. The Morgan fingerprint density at radius 3 is 3.05 bits per heavy atom. The smallest absolute Gasteiger partial charge is 0.139 e. The number of anilines is 1. The normalized spacial score (nSPS) is 11.1. The van der Waals surface area contributed by atoms with Crippen LogP contribution in [0.25, 0.3) is 11.0 Å². The maximum atomic E-state index is 4.50. The number of rotatable bonds is 6. The fourth-order valence-electron chi connectivity index (χ4n) is 1.98. The van der Waals surface area contributed by atoms with Crippen LogP contribution in [-0.2, 0) is 5.75 Å². The molecule has 20 heavy (non-hydrogen) atoms. The van der Waals surface area contributed by atoms with Crippen molar-refractivity contribution < 1.29 is 0 Å². The van der Waals surface area contributed by atoms with Crippen molar-refractivity contribution in [2.24, 2.45) is 0 Å². The molecule has 0 spiro atoms. The molecule has 0 aliphatic carbocycles. The number of pyridine rings is 1. The van der Waals surface area contributed by atoms with Gasteiger partial charge >= 0.3 is 0 Å². The molecule has 5 nitrogen and oxygen atoms in total. The molecule has 0 bridgehead atoms. The number of imidazole rings is 1. The lowest BCUT2D eigenvalue weighted by molar-refractivity contribution is 1.16. The minimum atomic E-state index is 0.896. The molecule has 0 saturated carbocycles. The van der Waals surface area contributed by atoms with Crippen LogP contribution < -0.4 is 5.32 Å². The molecule has 3 aromatic heterocycles. The largest absolute Gasteiger partial charge is 0.369 e. The second-order valence-electron chi connectivity index (χ2n) is 4.57. The van der Waals surface area contributed by atoms with Crippen molar-refractivity contribution in [2.45, 2.75) is 12.7 Å². The Morgan fingerprint density at radius 2 is 2.20 bits per heavy atom. The Labute approximate surface area is 121 Å². The van der Waals surface area contributed by atoms with E-state index in [2.05, 4.69) is 38.2 Å². The fraction of sp³-hybridized carbons (Fsp3) is 0.286. The quantitative estimate of drug-likeness (QED) is 0.610. The number of thioether (sulfide) groups is 1. The van der Waals surface area contributed by atoms with Crippen molar-refractivity contribution in [3.05, 3.63) is 42.1 Å².